The van der Waals surface area contributed by atoms with Gasteiger partial charge in [0.15, 0.2) is 0 Å². The van der Waals surface area contributed by atoms with Crippen LogP contribution in [0, 0.1) is 0 Å². The molecule has 2 nitrogen and oxygen atoms in total. The highest BCUT2D eigenvalue weighted by molar-refractivity contribution is 5.67. The van der Waals surface area contributed by atoms with Gasteiger partial charge in [-0.15, -0.1) is 0 Å². The second-order valence-corrected chi connectivity index (χ2v) is 4.18. The fourth-order valence-corrected chi connectivity index (χ4v) is 1.89. The lowest BCUT2D eigenvalue weighted by Crippen LogP contribution is -2.27. The van der Waals surface area contributed by atoms with Gasteiger partial charge in [-0.2, -0.15) is 0 Å². The van der Waals surface area contributed by atoms with Gasteiger partial charge in [-0.05, 0) is 31.9 Å². The maximum atomic E-state index is 5.29. The number of anilines is 1. The van der Waals surface area contributed by atoms with Crippen molar-refractivity contribution in [2.24, 2.45) is 0 Å². The van der Waals surface area contributed by atoms with Crippen LogP contribution in [0.4, 0.5) is 5.69 Å². The van der Waals surface area contributed by atoms with E-state index in [1.807, 2.05) is 12.1 Å². The Labute approximate surface area is 78.9 Å². The number of benzene rings is 1. The third-order valence-corrected chi connectivity index (χ3v) is 2.43. The number of hydrogen-bond acceptors (Lipinski definition) is 2. The summed E-state index contributed by atoms with van der Waals surface area (Å²) in [6, 6.07) is 6.19. The second kappa shape index (κ2) is 2.66. The molecule has 0 aromatic heterocycles. The molecule has 70 valence electrons. The molecule has 0 atom stereocenters. The van der Waals surface area contributed by atoms with Crippen molar-refractivity contribution in [3.8, 4) is 5.75 Å². The summed E-state index contributed by atoms with van der Waals surface area (Å²) in [5, 5.41) is 3.47. The average molecular weight is 177 g/mol. The molecule has 0 radical (unpaired) electrons. The molecule has 0 spiro atoms. The molecule has 0 amide bonds. The molecule has 1 N–H and O–H groups in total. The predicted molar refractivity (Wildman–Crippen MR) is 54.4 cm³/mol. The Balaban J connectivity index is 2.45. The van der Waals surface area contributed by atoms with Crippen LogP contribution in [-0.2, 0) is 6.42 Å². The zero-order valence-corrected chi connectivity index (χ0v) is 8.35. The third kappa shape index (κ3) is 1.37. The summed E-state index contributed by atoms with van der Waals surface area (Å²) in [5.74, 6) is 0.947. The van der Waals surface area contributed by atoms with Gasteiger partial charge in [0.05, 0.1) is 12.8 Å². The lowest BCUT2D eigenvalue weighted by Gasteiger charge is -2.18. The number of rotatable bonds is 1. The van der Waals surface area contributed by atoms with Gasteiger partial charge in [0.2, 0.25) is 0 Å². The number of para-hydroxylation sites is 1. The van der Waals surface area contributed by atoms with Crippen molar-refractivity contribution in [2.75, 3.05) is 12.4 Å². The van der Waals surface area contributed by atoms with Gasteiger partial charge in [-0.3, -0.25) is 0 Å². The average Bonchev–Trinajstić information content (AvgIpc) is 2.37. The molecule has 1 aliphatic rings. The topological polar surface area (TPSA) is 21.3 Å². The van der Waals surface area contributed by atoms with Crippen LogP contribution < -0.4 is 10.1 Å². The van der Waals surface area contributed by atoms with Crippen molar-refractivity contribution >= 4 is 5.69 Å². The van der Waals surface area contributed by atoms with Crippen molar-refractivity contribution in [1.82, 2.24) is 0 Å². The first kappa shape index (κ1) is 8.42. The monoisotopic (exact) mass is 177 g/mol. The molecule has 0 aliphatic carbocycles. The minimum Gasteiger partial charge on any atom is -0.495 e. The number of methoxy groups -OCH3 is 1. The molecule has 0 fully saturated rings. The fraction of sp³-hybridized carbons (Fsp3) is 0.455. The lowest BCUT2D eigenvalue weighted by molar-refractivity contribution is 0.416. The van der Waals surface area contributed by atoms with Gasteiger partial charge in [0, 0.05) is 5.54 Å². The van der Waals surface area contributed by atoms with E-state index in [9.17, 15) is 0 Å². The van der Waals surface area contributed by atoms with E-state index in [2.05, 4.69) is 25.2 Å². The van der Waals surface area contributed by atoms with Crippen LogP contribution in [0.1, 0.15) is 19.4 Å². The smallest absolute Gasteiger partial charge is 0.142 e. The molecule has 0 bridgehead atoms. The van der Waals surface area contributed by atoms with Gasteiger partial charge >= 0.3 is 0 Å². The highest BCUT2D eigenvalue weighted by Crippen LogP contribution is 2.38. The Bertz CT molecular complexity index is 331. The molecule has 1 aromatic carbocycles. The zero-order chi connectivity index (χ0) is 9.47. The Kier molecular flexibility index (Phi) is 1.72. The van der Waals surface area contributed by atoms with Crippen LogP contribution >= 0.6 is 0 Å². The maximum Gasteiger partial charge on any atom is 0.142 e. The summed E-state index contributed by atoms with van der Waals surface area (Å²) >= 11 is 0. The van der Waals surface area contributed by atoms with Crippen molar-refractivity contribution in [2.45, 2.75) is 25.8 Å². The lowest BCUT2D eigenvalue weighted by atomic mass is 10.0. The largest absolute Gasteiger partial charge is 0.495 e. The van der Waals surface area contributed by atoms with E-state index in [1.54, 1.807) is 7.11 Å². The van der Waals surface area contributed by atoms with Crippen molar-refractivity contribution in [1.29, 1.82) is 0 Å². The third-order valence-electron chi connectivity index (χ3n) is 2.43. The molecule has 0 unspecified atom stereocenters. The van der Waals surface area contributed by atoms with Gasteiger partial charge in [0.1, 0.15) is 5.75 Å². The van der Waals surface area contributed by atoms with Gasteiger partial charge in [-0.25, -0.2) is 0 Å². The Hall–Kier alpha value is -1.18. The standard InChI is InChI=1S/C11H15NO/c1-11(2)7-8-5-4-6-9(13-3)10(8)12-11/h4-6,12H,7H2,1-3H3. The Morgan fingerprint density at radius 3 is 2.85 bits per heavy atom. The molecule has 2 rings (SSSR count). The number of nitrogens with one attached hydrogen (secondary N) is 1. The molecule has 13 heavy (non-hydrogen) atoms. The minimum atomic E-state index is 0.164. The SMILES string of the molecule is COc1cccc2c1NC(C)(C)C2. The van der Waals surface area contributed by atoms with Crippen LogP contribution in [0.3, 0.4) is 0 Å². The quantitative estimate of drug-likeness (QED) is 0.711. The predicted octanol–water partition coefficient (Wildman–Crippen LogP) is 2.44. The number of hydrogen-bond donors (Lipinski definition) is 1. The van der Waals surface area contributed by atoms with Crippen molar-refractivity contribution in [3.05, 3.63) is 23.8 Å². The summed E-state index contributed by atoms with van der Waals surface area (Å²) in [6.07, 6.45) is 1.07. The van der Waals surface area contributed by atoms with Crippen LogP contribution in [-0.4, -0.2) is 12.6 Å². The summed E-state index contributed by atoms with van der Waals surface area (Å²) in [7, 11) is 1.71. The van der Waals surface area contributed by atoms with Crippen molar-refractivity contribution in [3.63, 3.8) is 0 Å². The highest BCUT2D eigenvalue weighted by atomic mass is 16.5. The summed E-state index contributed by atoms with van der Waals surface area (Å²) in [4.78, 5) is 0. The first-order chi connectivity index (χ1) is 6.12. The van der Waals surface area contributed by atoms with Crippen molar-refractivity contribution < 1.29 is 4.74 Å². The van der Waals surface area contributed by atoms with Gasteiger partial charge in [-0.1, -0.05) is 12.1 Å². The number of ether oxygens (including phenoxy) is 1. The molecule has 1 aromatic rings. The normalized spacial score (nSPS) is 17.8. The molecular formula is C11H15NO. The van der Waals surface area contributed by atoms with Crippen LogP contribution in [0.15, 0.2) is 18.2 Å². The second-order valence-electron chi connectivity index (χ2n) is 4.18. The van der Waals surface area contributed by atoms with E-state index in [1.165, 1.54) is 5.56 Å². The summed E-state index contributed by atoms with van der Waals surface area (Å²) < 4.78 is 5.29. The molecule has 1 heterocycles. The molecule has 1 aliphatic heterocycles. The fourth-order valence-electron chi connectivity index (χ4n) is 1.89. The first-order valence-corrected chi connectivity index (χ1v) is 4.56. The Morgan fingerprint density at radius 2 is 2.15 bits per heavy atom. The van der Waals surface area contributed by atoms with Crippen LogP contribution in [0.5, 0.6) is 5.75 Å². The van der Waals surface area contributed by atoms with Gasteiger partial charge < -0.3 is 10.1 Å². The van der Waals surface area contributed by atoms with E-state index < -0.39 is 0 Å². The molecular weight excluding hydrogens is 162 g/mol. The van der Waals surface area contributed by atoms with E-state index in [0.29, 0.717) is 0 Å². The summed E-state index contributed by atoms with van der Waals surface area (Å²) in [5.41, 5.74) is 2.68. The first-order valence-electron chi connectivity index (χ1n) is 4.56. The summed E-state index contributed by atoms with van der Waals surface area (Å²) in [6.45, 7) is 4.40. The van der Waals surface area contributed by atoms with E-state index in [-0.39, 0.29) is 5.54 Å². The van der Waals surface area contributed by atoms with Crippen LogP contribution in [0.2, 0.25) is 0 Å². The Morgan fingerprint density at radius 1 is 1.38 bits per heavy atom. The van der Waals surface area contributed by atoms with E-state index >= 15 is 0 Å². The highest BCUT2D eigenvalue weighted by Gasteiger charge is 2.29. The molecule has 0 saturated heterocycles. The van der Waals surface area contributed by atoms with Crippen LogP contribution in [0.25, 0.3) is 0 Å². The maximum absolute atomic E-state index is 5.29. The van der Waals surface area contributed by atoms with Gasteiger partial charge in [0.25, 0.3) is 0 Å². The molecule has 2 heteroatoms. The van der Waals surface area contributed by atoms with E-state index in [4.69, 9.17) is 4.74 Å². The molecule has 0 saturated carbocycles. The zero-order valence-electron chi connectivity index (χ0n) is 8.35. The van der Waals surface area contributed by atoms with E-state index in [0.717, 1.165) is 17.9 Å². The minimum absolute atomic E-state index is 0.164. The number of fused-ring (bicyclic) bond motifs is 1.